The van der Waals surface area contributed by atoms with Gasteiger partial charge in [-0.3, -0.25) is 0 Å². The van der Waals surface area contributed by atoms with E-state index in [-0.39, 0.29) is 5.78 Å². The van der Waals surface area contributed by atoms with Gasteiger partial charge in [0.05, 0.1) is 0 Å². The molecule has 0 spiro atoms. The first-order valence-corrected chi connectivity index (χ1v) is 4.10. The zero-order valence-electron chi connectivity index (χ0n) is 6.18. The zero-order chi connectivity index (χ0) is 10.6. The number of ketones is 1. The fourth-order valence-electron chi connectivity index (χ4n) is 0. The van der Waals surface area contributed by atoms with Gasteiger partial charge in [0.25, 0.3) is 3.79 Å². The molecule has 0 aliphatic carbocycles. The molecular formula is C5H6Cl4F2O. The highest BCUT2D eigenvalue weighted by Gasteiger charge is 2.48. The Morgan fingerprint density at radius 2 is 1.17 bits per heavy atom. The third-order valence-corrected chi connectivity index (χ3v) is 1.61. The van der Waals surface area contributed by atoms with Crippen molar-refractivity contribution in [2.24, 2.45) is 0 Å². The topological polar surface area (TPSA) is 17.1 Å². The second kappa shape index (κ2) is 5.43. The molecule has 0 atom stereocenters. The lowest BCUT2D eigenvalue weighted by atomic mass is 10.6. The Morgan fingerprint density at radius 1 is 1.08 bits per heavy atom. The van der Waals surface area contributed by atoms with Crippen molar-refractivity contribution in [3.05, 3.63) is 0 Å². The molecule has 0 aliphatic heterocycles. The Bertz CT molecular complexity index is 133. The molecule has 1 nitrogen and oxygen atoms in total. The average Bonchev–Trinajstić information content (AvgIpc) is 1.55. The molecule has 12 heavy (non-hydrogen) atoms. The summed E-state index contributed by atoms with van der Waals surface area (Å²) in [7, 11) is 0. The molecule has 0 amide bonds. The summed E-state index contributed by atoms with van der Waals surface area (Å²) in [4.78, 5) is 9.44. The van der Waals surface area contributed by atoms with E-state index in [2.05, 4.69) is 46.4 Å². The molecule has 0 aliphatic rings. The fourth-order valence-corrected chi connectivity index (χ4v) is 0. The molecule has 0 saturated heterocycles. The van der Waals surface area contributed by atoms with E-state index in [9.17, 15) is 13.6 Å². The first-order chi connectivity index (χ1) is 4.98. The fraction of sp³-hybridized carbons (Fsp3) is 0.800. The summed E-state index contributed by atoms with van der Waals surface area (Å²) in [6.07, 6.45) is 0. The van der Waals surface area contributed by atoms with Crippen LogP contribution in [-0.4, -0.2) is 15.0 Å². The summed E-state index contributed by atoms with van der Waals surface area (Å²) in [5.41, 5.74) is 0. The Kier molecular flexibility index (Phi) is 6.86. The molecule has 0 N–H and O–H groups in total. The zero-order valence-corrected chi connectivity index (χ0v) is 9.20. The maximum atomic E-state index is 11.6. The standard InChI is InChI=1S/C3H6O.C2Cl4F2/c1-3(2)4;3-1(4,5)2(6,7)8/h1-2H3;. The number of hydrogen-bond donors (Lipinski definition) is 0. The molecule has 74 valence electrons. The summed E-state index contributed by atoms with van der Waals surface area (Å²) in [5, 5.41) is -3.79. The van der Waals surface area contributed by atoms with Crippen LogP contribution in [0.25, 0.3) is 0 Å². The summed E-state index contributed by atoms with van der Waals surface area (Å²) in [6.45, 7) is 3.06. The molecular weight excluding hydrogens is 256 g/mol. The highest BCUT2D eigenvalue weighted by Crippen LogP contribution is 2.44. The Hall–Kier alpha value is 0.690. The lowest BCUT2D eigenvalue weighted by molar-refractivity contribution is -0.114. The maximum absolute atomic E-state index is 11.6. The van der Waals surface area contributed by atoms with Crippen LogP contribution in [0.1, 0.15) is 13.8 Å². The molecule has 0 bridgehead atoms. The van der Waals surface area contributed by atoms with Gasteiger partial charge in [-0.25, -0.2) is 0 Å². The number of rotatable bonds is 0. The molecule has 0 radical (unpaired) electrons. The van der Waals surface area contributed by atoms with Gasteiger partial charge in [0.15, 0.2) is 0 Å². The van der Waals surface area contributed by atoms with Crippen LogP contribution in [-0.2, 0) is 4.79 Å². The van der Waals surface area contributed by atoms with Crippen molar-refractivity contribution >= 4 is 52.2 Å². The van der Waals surface area contributed by atoms with Gasteiger partial charge in [-0.15, -0.1) is 0 Å². The average molecular weight is 262 g/mol. The molecule has 0 fully saturated rings. The van der Waals surface area contributed by atoms with Gasteiger partial charge in [-0.05, 0) is 25.4 Å². The van der Waals surface area contributed by atoms with Crippen molar-refractivity contribution in [2.45, 2.75) is 23.0 Å². The van der Waals surface area contributed by atoms with E-state index in [4.69, 9.17) is 0 Å². The summed E-state index contributed by atoms with van der Waals surface area (Å²) in [5.74, 6) is 0.167. The monoisotopic (exact) mass is 260 g/mol. The number of hydrogen-bond acceptors (Lipinski definition) is 1. The van der Waals surface area contributed by atoms with Crippen LogP contribution in [0.4, 0.5) is 8.78 Å². The van der Waals surface area contributed by atoms with E-state index in [1.165, 1.54) is 13.8 Å². The molecule has 0 saturated carbocycles. The Morgan fingerprint density at radius 3 is 1.17 bits per heavy atom. The molecule has 0 aromatic heterocycles. The molecule has 0 aromatic carbocycles. The van der Waals surface area contributed by atoms with Crippen LogP contribution < -0.4 is 0 Å². The number of alkyl halides is 6. The SMILES string of the molecule is CC(C)=O.FC(F)(Cl)C(Cl)(Cl)Cl. The van der Waals surface area contributed by atoms with Crippen LogP contribution in [0, 0.1) is 0 Å². The van der Waals surface area contributed by atoms with Crippen molar-refractivity contribution in [3.8, 4) is 0 Å². The minimum absolute atomic E-state index is 0.167. The number of Topliss-reactive ketones (excluding diaryl/α,β-unsaturated/α-hetero) is 1. The highest BCUT2D eigenvalue weighted by atomic mass is 35.6. The van der Waals surface area contributed by atoms with Gasteiger partial charge < -0.3 is 4.79 Å². The summed E-state index contributed by atoms with van der Waals surface area (Å²) < 4.78 is 20.5. The first-order valence-electron chi connectivity index (χ1n) is 2.59. The van der Waals surface area contributed by atoms with Crippen LogP contribution in [0.2, 0.25) is 0 Å². The van der Waals surface area contributed by atoms with Gasteiger partial charge in [0.1, 0.15) is 5.78 Å². The van der Waals surface area contributed by atoms with Crippen molar-refractivity contribution in [2.75, 3.05) is 0 Å². The lowest BCUT2D eigenvalue weighted by Gasteiger charge is -2.15. The van der Waals surface area contributed by atoms with Gasteiger partial charge in [0.2, 0.25) is 0 Å². The maximum Gasteiger partial charge on any atom is 0.368 e. The van der Waals surface area contributed by atoms with Gasteiger partial charge >= 0.3 is 5.38 Å². The van der Waals surface area contributed by atoms with Gasteiger partial charge in [-0.2, -0.15) is 8.78 Å². The summed E-state index contributed by atoms with van der Waals surface area (Å²) in [6, 6.07) is 0. The first kappa shape index (κ1) is 15.2. The normalized spacial score (nSPS) is 11.7. The van der Waals surface area contributed by atoms with E-state index in [0.29, 0.717) is 0 Å². The Labute approximate surface area is 88.9 Å². The van der Waals surface area contributed by atoms with Crippen LogP contribution in [0.15, 0.2) is 0 Å². The molecule has 0 aromatic rings. The van der Waals surface area contributed by atoms with E-state index < -0.39 is 9.17 Å². The molecule has 7 heteroatoms. The number of halogens is 6. The van der Waals surface area contributed by atoms with Crippen molar-refractivity contribution in [3.63, 3.8) is 0 Å². The molecule has 0 unspecified atom stereocenters. The minimum Gasteiger partial charge on any atom is -0.300 e. The second-order valence-corrected chi connectivity index (χ2v) is 4.66. The van der Waals surface area contributed by atoms with E-state index in [1.807, 2.05) is 0 Å². The lowest BCUT2D eigenvalue weighted by Crippen LogP contribution is -2.26. The van der Waals surface area contributed by atoms with E-state index >= 15 is 0 Å². The third kappa shape index (κ3) is 10.7. The van der Waals surface area contributed by atoms with E-state index in [1.54, 1.807) is 0 Å². The summed E-state index contributed by atoms with van der Waals surface area (Å²) >= 11 is 18.3. The highest BCUT2D eigenvalue weighted by molar-refractivity contribution is 6.70. The third-order valence-electron chi connectivity index (χ3n) is 0.321. The molecule has 0 rings (SSSR count). The van der Waals surface area contributed by atoms with Crippen LogP contribution in [0.3, 0.4) is 0 Å². The smallest absolute Gasteiger partial charge is 0.300 e. The van der Waals surface area contributed by atoms with E-state index in [0.717, 1.165) is 0 Å². The predicted molar refractivity (Wildman–Crippen MR) is 47.4 cm³/mol. The predicted octanol–water partition coefficient (Wildman–Crippen LogP) is 3.78. The minimum atomic E-state index is -3.79. The largest absolute Gasteiger partial charge is 0.368 e. The quantitative estimate of drug-likeness (QED) is 0.607. The van der Waals surface area contributed by atoms with Gasteiger partial charge in [0, 0.05) is 0 Å². The second-order valence-electron chi connectivity index (χ2n) is 1.90. The molecule has 0 heterocycles. The van der Waals surface area contributed by atoms with Gasteiger partial charge in [-0.1, -0.05) is 34.8 Å². The Balaban J connectivity index is 0. The van der Waals surface area contributed by atoms with Crippen molar-refractivity contribution in [1.29, 1.82) is 0 Å². The number of carbonyl (C=O) groups is 1. The van der Waals surface area contributed by atoms with Crippen LogP contribution in [0.5, 0.6) is 0 Å². The van der Waals surface area contributed by atoms with Crippen molar-refractivity contribution in [1.82, 2.24) is 0 Å². The van der Waals surface area contributed by atoms with Crippen LogP contribution >= 0.6 is 46.4 Å². The van der Waals surface area contributed by atoms with Crippen molar-refractivity contribution < 1.29 is 13.6 Å². The number of carbonyl (C=O) groups excluding carboxylic acids is 1.